The fourth-order valence-corrected chi connectivity index (χ4v) is 2.61. The average Bonchev–Trinajstić information content (AvgIpc) is 2.58. The number of halogens is 1. The largest absolute Gasteiger partial charge is 0.225 e. The van der Waals surface area contributed by atoms with Crippen LogP contribution in [0, 0.1) is 6.92 Å². The smallest absolute Gasteiger partial charge is 0.184 e. The first-order valence-corrected chi connectivity index (χ1v) is 6.12. The van der Waals surface area contributed by atoms with E-state index in [1.54, 1.807) is 0 Å². The van der Waals surface area contributed by atoms with Gasteiger partial charge in [0.15, 0.2) is 4.47 Å². The Bertz CT molecular complexity index is 459. The fourth-order valence-electron chi connectivity index (χ4n) is 1.53. The highest BCUT2D eigenvalue weighted by molar-refractivity contribution is 7.16. The molecule has 1 aromatic carbocycles. The Morgan fingerprint density at radius 3 is 2.40 bits per heavy atom. The van der Waals surface area contributed by atoms with E-state index in [2.05, 4.69) is 36.2 Å². The van der Waals surface area contributed by atoms with Crippen LogP contribution < -0.4 is 0 Å². The number of benzene rings is 1. The van der Waals surface area contributed by atoms with Crippen molar-refractivity contribution in [2.75, 3.05) is 0 Å². The molecule has 0 amide bonds. The molecule has 0 saturated heterocycles. The van der Waals surface area contributed by atoms with E-state index in [4.69, 9.17) is 11.6 Å². The Hall–Kier alpha value is -0.860. The van der Waals surface area contributed by atoms with E-state index < -0.39 is 0 Å². The summed E-state index contributed by atoms with van der Waals surface area (Å²) in [6.07, 6.45) is 1.07. The summed E-state index contributed by atoms with van der Waals surface area (Å²) in [6, 6.07) is 8.50. The molecule has 2 rings (SSSR count). The minimum atomic E-state index is 0.613. The molecule has 0 N–H and O–H groups in total. The topological polar surface area (TPSA) is 12.9 Å². The lowest BCUT2D eigenvalue weighted by Gasteiger charge is -2.00. The van der Waals surface area contributed by atoms with Gasteiger partial charge < -0.3 is 0 Å². The first-order valence-electron chi connectivity index (χ1n) is 4.93. The highest BCUT2D eigenvalue weighted by Gasteiger charge is 2.07. The van der Waals surface area contributed by atoms with Crippen molar-refractivity contribution in [2.24, 2.45) is 0 Å². The second-order valence-corrected chi connectivity index (χ2v) is 5.21. The zero-order valence-electron chi connectivity index (χ0n) is 8.75. The van der Waals surface area contributed by atoms with Gasteiger partial charge in [0, 0.05) is 10.4 Å². The highest BCUT2D eigenvalue weighted by Crippen LogP contribution is 2.29. The maximum atomic E-state index is 5.88. The first-order chi connectivity index (χ1) is 7.20. The summed E-state index contributed by atoms with van der Waals surface area (Å²) >= 11 is 7.41. The molecule has 0 spiro atoms. The van der Waals surface area contributed by atoms with E-state index in [-0.39, 0.29) is 0 Å². The Balaban J connectivity index is 2.41. The molecular weight excluding hydrogens is 226 g/mol. The number of hydrogen-bond donors (Lipinski definition) is 0. The van der Waals surface area contributed by atoms with Crippen molar-refractivity contribution < 1.29 is 0 Å². The molecule has 0 radical (unpaired) electrons. The van der Waals surface area contributed by atoms with Crippen LogP contribution in [0.1, 0.15) is 17.4 Å². The lowest BCUT2D eigenvalue weighted by Crippen LogP contribution is -1.83. The van der Waals surface area contributed by atoms with Gasteiger partial charge >= 0.3 is 0 Å². The van der Waals surface area contributed by atoms with Crippen molar-refractivity contribution >= 4 is 22.9 Å². The van der Waals surface area contributed by atoms with E-state index in [9.17, 15) is 0 Å². The van der Waals surface area contributed by atoms with Crippen LogP contribution in [0.3, 0.4) is 0 Å². The van der Waals surface area contributed by atoms with E-state index >= 15 is 0 Å². The van der Waals surface area contributed by atoms with Gasteiger partial charge in [-0.2, -0.15) is 0 Å². The van der Waals surface area contributed by atoms with E-state index in [0.717, 1.165) is 17.7 Å². The lowest BCUT2D eigenvalue weighted by atomic mass is 10.1. The van der Waals surface area contributed by atoms with Gasteiger partial charge in [-0.3, -0.25) is 0 Å². The maximum Gasteiger partial charge on any atom is 0.184 e. The average molecular weight is 238 g/mol. The van der Waals surface area contributed by atoms with Crippen molar-refractivity contribution in [2.45, 2.75) is 20.3 Å². The van der Waals surface area contributed by atoms with Gasteiger partial charge in [0.25, 0.3) is 0 Å². The van der Waals surface area contributed by atoms with Crippen LogP contribution in [0.4, 0.5) is 0 Å². The summed E-state index contributed by atoms with van der Waals surface area (Å²) in [5.41, 5.74) is 3.50. The molecule has 2 aromatic rings. The van der Waals surface area contributed by atoms with E-state index in [1.165, 1.54) is 21.8 Å². The molecule has 0 aliphatic rings. The minimum absolute atomic E-state index is 0.613. The van der Waals surface area contributed by atoms with Gasteiger partial charge in [0.1, 0.15) is 0 Å². The number of aryl methyl sites for hydroxylation is 2. The minimum Gasteiger partial charge on any atom is -0.225 e. The number of hydrogen-bond acceptors (Lipinski definition) is 2. The molecule has 1 aromatic heterocycles. The molecule has 0 aliphatic carbocycles. The van der Waals surface area contributed by atoms with Crippen LogP contribution in [-0.2, 0) is 6.42 Å². The molecule has 0 bridgehead atoms. The van der Waals surface area contributed by atoms with Crippen LogP contribution in [0.2, 0.25) is 4.47 Å². The molecule has 0 atom stereocenters. The van der Waals surface area contributed by atoms with Crippen LogP contribution in [-0.4, -0.2) is 4.98 Å². The number of aromatic nitrogens is 1. The van der Waals surface area contributed by atoms with Gasteiger partial charge in [-0.25, -0.2) is 4.98 Å². The van der Waals surface area contributed by atoms with Crippen molar-refractivity contribution in [3.8, 4) is 11.3 Å². The third kappa shape index (κ3) is 2.21. The first kappa shape index (κ1) is 10.7. The van der Waals surface area contributed by atoms with Crippen LogP contribution >= 0.6 is 22.9 Å². The molecule has 1 heterocycles. The molecule has 0 unspecified atom stereocenters. The number of rotatable bonds is 2. The quantitative estimate of drug-likeness (QED) is 0.758. The van der Waals surface area contributed by atoms with Crippen molar-refractivity contribution in [3.63, 3.8) is 0 Å². The second-order valence-electron chi connectivity index (χ2n) is 3.42. The second kappa shape index (κ2) is 4.33. The van der Waals surface area contributed by atoms with E-state index in [0.29, 0.717) is 4.47 Å². The SMILES string of the molecule is CCc1ccc(-c2nc(Cl)sc2C)cc1. The Morgan fingerprint density at radius 1 is 1.27 bits per heavy atom. The monoisotopic (exact) mass is 237 g/mol. The molecule has 3 heteroatoms. The van der Waals surface area contributed by atoms with Gasteiger partial charge in [0.2, 0.25) is 0 Å². The van der Waals surface area contributed by atoms with Gasteiger partial charge in [-0.15, -0.1) is 11.3 Å². The van der Waals surface area contributed by atoms with Crippen LogP contribution in [0.15, 0.2) is 24.3 Å². The summed E-state index contributed by atoms with van der Waals surface area (Å²) in [5.74, 6) is 0. The number of thiazole rings is 1. The number of nitrogens with zero attached hydrogens (tertiary/aromatic N) is 1. The molecule has 1 nitrogen and oxygen atoms in total. The summed E-state index contributed by atoms with van der Waals surface area (Å²) in [6.45, 7) is 4.20. The predicted octanol–water partition coefficient (Wildman–Crippen LogP) is 4.33. The third-order valence-electron chi connectivity index (χ3n) is 2.41. The van der Waals surface area contributed by atoms with Crippen molar-refractivity contribution in [1.82, 2.24) is 4.98 Å². The summed E-state index contributed by atoms with van der Waals surface area (Å²) in [5, 5.41) is 0. The van der Waals surface area contributed by atoms with Crippen molar-refractivity contribution in [3.05, 3.63) is 39.2 Å². The van der Waals surface area contributed by atoms with Crippen LogP contribution in [0.5, 0.6) is 0 Å². The van der Waals surface area contributed by atoms with Gasteiger partial charge in [-0.05, 0) is 18.9 Å². The Labute approximate surface area is 98.7 Å². The predicted molar refractivity (Wildman–Crippen MR) is 66.7 cm³/mol. The maximum absolute atomic E-state index is 5.88. The summed E-state index contributed by atoms with van der Waals surface area (Å²) in [4.78, 5) is 5.49. The molecule has 0 aliphatic heterocycles. The Kier molecular flexibility index (Phi) is 3.08. The standard InChI is InChI=1S/C12H12ClNS/c1-3-9-4-6-10(7-5-9)11-8(2)15-12(13)14-11/h4-7H,3H2,1-2H3. The Morgan fingerprint density at radius 2 is 1.93 bits per heavy atom. The molecule has 0 saturated carbocycles. The molecule has 15 heavy (non-hydrogen) atoms. The van der Waals surface area contributed by atoms with Gasteiger partial charge in [-0.1, -0.05) is 42.8 Å². The summed E-state index contributed by atoms with van der Waals surface area (Å²) < 4.78 is 0.613. The zero-order chi connectivity index (χ0) is 10.8. The van der Waals surface area contributed by atoms with Crippen LogP contribution in [0.25, 0.3) is 11.3 Å². The molecule has 78 valence electrons. The van der Waals surface area contributed by atoms with Crippen molar-refractivity contribution in [1.29, 1.82) is 0 Å². The molecular formula is C12H12ClNS. The van der Waals surface area contributed by atoms with Gasteiger partial charge in [0.05, 0.1) is 5.69 Å². The lowest BCUT2D eigenvalue weighted by molar-refractivity contribution is 1.14. The third-order valence-corrected chi connectivity index (χ3v) is 3.48. The zero-order valence-corrected chi connectivity index (χ0v) is 10.3. The normalized spacial score (nSPS) is 10.6. The molecule has 0 fully saturated rings. The van der Waals surface area contributed by atoms with E-state index in [1.807, 2.05) is 6.92 Å². The highest BCUT2D eigenvalue weighted by atomic mass is 35.5. The summed E-state index contributed by atoms with van der Waals surface area (Å²) in [7, 11) is 0. The fraction of sp³-hybridized carbons (Fsp3) is 0.250.